The van der Waals surface area contributed by atoms with Gasteiger partial charge in [-0.25, -0.2) is 9.97 Å². The molecule has 1 atom stereocenters. The van der Waals surface area contributed by atoms with Gasteiger partial charge >= 0.3 is 5.69 Å². The number of anilines is 3. The predicted molar refractivity (Wildman–Crippen MR) is 123 cm³/mol. The zero-order valence-electron chi connectivity index (χ0n) is 18.0. The molecule has 1 aliphatic heterocycles. The molecule has 1 aliphatic carbocycles. The average molecular weight is 426 g/mol. The quantitative estimate of drug-likeness (QED) is 0.333. The van der Waals surface area contributed by atoms with Gasteiger partial charge in [0.25, 0.3) is 0 Å². The van der Waals surface area contributed by atoms with Crippen molar-refractivity contribution in [2.75, 3.05) is 36.0 Å². The largest absolute Gasteiger partial charge is 0.398 e. The van der Waals surface area contributed by atoms with Crippen LogP contribution in [-0.2, 0) is 6.42 Å². The predicted octanol–water partition coefficient (Wildman–Crippen LogP) is 3.14. The number of benzene rings is 1. The minimum atomic E-state index is -0.505. The number of nitro benzene ring substituents is 1. The van der Waals surface area contributed by atoms with Crippen molar-refractivity contribution in [3.8, 4) is 11.4 Å². The molecule has 5 N–H and O–H groups in total. The first-order valence-corrected chi connectivity index (χ1v) is 11.1. The number of nitrogens with zero attached hydrogens (tertiary/aromatic N) is 4. The second-order valence-electron chi connectivity index (χ2n) is 8.65. The lowest BCUT2D eigenvalue weighted by molar-refractivity contribution is -0.383. The molecule has 1 saturated heterocycles. The van der Waals surface area contributed by atoms with Crippen LogP contribution in [0.5, 0.6) is 0 Å². The summed E-state index contributed by atoms with van der Waals surface area (Å²) in [7, 11) is 0. The summed E-state index contributed by atoms with van der Waals surface area (Å²) in [6, 6.07) is 5.46. The van der Waals surface area contributed by atoms with Crippen molar-refractivity contribution in [2.45, 2.75) is 51.5 Å². The Morgan fingerprint density at radius 2 is 2.00 bits per heavy atom. The number of nitrogens with one attached hydrogen (secondary N) is 1. The minimum Gasteiger partial charge on any atom is -0.398 e. The SMILES string of the molecule is CCCc1cc(N2CCCC(NCC3CC3)C2)nc(-c2c(N)ccc(N)c2[N+](=O)[O-])n1. The third-order valence-corrected chi connectivity index (χ3v) is 6.06. The van der Waals surface area contributed by atoms with Crippen LogP contribution in [0.4, 0.5) is 22.9 Å². The standard InChI is InChI=1S/C22H31N7O2/c1-2-4-15-11-19(28-10-3-5-16(13-28)25-12-14-6-7-14)27-22(26-15)20-17(23)8-9-18(24)21(20)29(30)31/h8-9,11,14,16,25H,2-7,10,12-13,23-24H2,1H3. The van der Waals surface area contributed by atoms with E-state index in [-0.39, 0.29) is 28.5 Å². The normalized spacial score (nSPS) is 18.9. The van der Waals surface area contributed by atoms with E-state index < -0.39 is 4.92 Å². The summed E-state index contributed by atoms with van der Waals surface area (Å²) in [6.07, 6.45) is 6.56. The fraction of sp³-hybridized carbons (Fsp3) is 0.545. The third kappa shape index (κ3) is 4.87. The topological polar surface area (TPSA) is 136 Å². The number of nitrogens with two attached hydrogens (primary N) is 2. The molecule has 2 aliphatic rings. The molecule has 1 aromatic heterocycles. The van der Waals surface area contributed by atoms with Crippen LogP contribution in [-0.4, -0.2) is 40.6 Å². The summed E-state index contributed by atoms with van der Waals surface area (Å²) in [6.45, 7) is 4.93. The fourth-order valence-corrected chi connectivity index (χ4v) is 4.20. The first-order valence-electron chi connectivity index (χ1n) is 11.1. The molecule has 0 radical (unpaired) electrons. The lowest BCUT2D eigenvalue weighted by atomic mass is 10.0. The first-order chi connectivity index (χ1) is 15.0. The number of aryl methyl sites for hydroxylation is 1. The van der Waals surface area contributed by atoms with E-state index >= 15 is 0 Å². The van der Waals surface area contributed by atoms with Crippen LogP contribution in [0, 0.1) is 16.0 Å². The molecule has 0 bridgehead atoms. The van der Waals surface area contributed by atoms with E-state index in [9.17, 15) is 10.1 Å². The van der Waals surface area contributed by atoms with Gasteiger partial charge in [0.1, 0.15) is 17.1 Å². The lowest BCUT2D eigenvalue weighted by Crippen LogP contribution is -2.46. The molecule has 31 heavy (non-hydrogen) atoms. The second-order valence-corrected chi connectivity index (χ2v) is 8.65. The molecule has 1 saturated carbocycles. The summed E-state index contributed by atoms with van der Waals surface area (Å²) in [5.74, 6) is 1.90. The number of hydrogen-bond donors (Lipinski definition) is 3. The average Bonchev–Trinajstić information content (AvgIpc) is 3.58. The molecule has 1 unspecified atom stereocenters. The maximum atomic E-state index is 11.7. The monoisotopic (exact) mass is 425 g/mol. The van der Waals surface area contributed by atoms with Crippen LogP contribution in [0.2, 0.25) is 0 Å². The van der Waals surface area contributed by atoms with Crippen molar-refractivity contribution < 1.29 is 4.92 Å². The Kier molecular flexibility index (Phi) is 6.22. The highest BCUT2D eigenvalue weighted by Crippen LogP contribution is 2.38. The molecule has 2 heterocycles. The van der Waals surface area contributed by atoms with Crippen LogP contribution in [0.25, 0.3) is 11.4 Å². The summed E-state index contributed by atoms with van der Waals surface area (Å²) in [5, 5.41) is 15.4. The van der Waals surface area contributed by atoms with Crippen LogP contribution in [0.1, 0.15) is 44.7 Å². The zero-order valence-corrected chi connectivity index (χ0v) is 18.0. The molecule has 1 aromatic carbocycles. The van der Waals surface area contributed by atoms with Gasteiger partial charge in [-0.05, 0) is 56.7 Å². The van der Waals surface area contributed by atoms with E-state index in [4.69, 9.17) is 16.5 Å². The maximum absolute atomic E-state index is 11.7. The van der Waals surface area contributed by atoms with E-state index in [1.54, 1.807) is 6.07 Å². The third-order valence-electron chi connectivity index (χ3n) is 6.06. The highest BCUT2D eigenvalue weighted by molar-refractivity contribution is 5.87. The van der Waals surface area contributed by atoms with Crippen LogP contribution < -0.4 is 21.7 Å². The van der Waals surface area contributed by atoms with Crippen LogP contribution in [0.3, 0.4) is 0 Å². The number of aromatic nitrogens is 2. The zero-order chi connectivity index (χ0) is 22.0. The summed E-state index contributed by atoms with van der Waals surface area (Å²) in [5.41, 5.74) is 13.2. The fourth-order valence-electron chi connectivity index (χ4n) is 4.20. The molecule has 166 valence electrons. The Labute approximate surface area is 182 Å². The number of piperidine rings is 1. The van der Waals surface area contributed by atoms with Crippen LogP contribution >= 0.6 is 0 Å². The first kappa shape index (κ1) is 21.3. The Morgan fingerprint density at radius 1 is 1.23 bits per heavy atom. The van der Waals surface area contributed by atoms with Gasteiger partial charge in [-0.15, -0.1) is 0 Å². The number of hydrogen-bond acceptors (Lipinski definition) is 8. The van der Waals surface area contributed by atoms with E-state index in [0.717, 1.165) is 62.7 Å². The van der Waals surface area contributed by atoms with Gasteiger partial charge in [-0.3, -0.25) is 10.1 Å². The smallest absolute Gasteiger partial charge is 0.305 e. The van der Waals surface area contributed by atoms with Gasteiger partial charge in [0.15, 0.2) is 5.82 Å². The molecule has 9 heteroatoms. The van der Waals surface area contributed by atoms with Gasteiger partial charge in [0.05, 0.1) is 4.92 Å². The molecule has 2 aromatic rings. The van der Waals surface area contributed by atoms with Gasteiger partial charge in [0, 0.05) is 36.6 Å². The molecule has 0 amide bonds. The van der Waals surface area contributed by atoms with E-state index in [2.05, 4.69) is 22.1 Å². The van der Waals surface area contributed by atoms with Gasteiger partial charge in [-0.1, -0.05) is 13.3 Å². The van der Waals surface area contributed by atoms with E-state index in [1.165, 1.54) is 18.9 Å². The molecular weight excluding hydrogens is 394 g/mol. The van der Waals surface area contributed by atoms with E-state index in [0.29, 0.717) is 6.04 Å². The molecular formula is C22H31N7O2. The Bertz CT molecular complexity index is 961. The Hall–Kier alpha value is -2.94. The van der Waals surface area contributed by atoms with Crippen molar-refractivity contribution in [2.24, 2.45) is 5.92 Å². The highest BCUT2D eigenvalue weighted by atomic mass is 16.6. The maximum Gasteiger partial charge on any atom is 0.305 e. The van der Waals surface area contributed by atoms with Crippen molar-refractivity contribution in [3.63, 3.8) is 0 Å². The minimum absolute atomic E-state index is 0.0579. The summed E-state index contributed by atoms with van der Waals surface area (Å²) in [4.78, 5) is 22.9. The number of rotatable bonds is 8. The molecule has 0 spiro atoms. The van der Waals surface area contributed by atoms with E-state index in [1.807, 2.05) is 6.07 Å². The van der Waals surface area contributed by atoms with Crippen molar-refractivity contribution >= 4 is 22.9 Å². The summed E-state index contributed by atoms with van der Waals surface area (Å²) < 4.78 is 0. The molecule has 9 nitrogen and oxygen atoms in total. The number of nitrogen functional groups attached to an aromatic ring is 2. The van der Waals surface area contributed by atoms with Gasteiger partial charge < -0.3 is 21.7 Å². The van der Waals surface area contributed by atoms with Gasteiger partial charge in [0.2, 0.25) is 0 Å². The second kappa shape index (κ2) is 9.05. The summed E-state index contributed by atoms with van der Waals surface area (Å²) >= 11 is 0. The lowest BCUT2D eigenvalue weighted by Gasteiger charge is -2.34. The molecule has 2 fully saturated rings. The van der Waals surface area contributed by atoms with Gasteiger partial charge in [-0.2, -0.15) is 0 Å². The Morgan fingerprint density at radius 3 is 2.71 bits per heavy atom. The number of nitro groups is 1. The van der Waals surface area contributed by atoms with Crippen LogP contribution in [0.15, 0.2) is 18.2 Å². The van der Waals surface area contributed by atoms with Crippen molar-refractivity contribution in [1.29, 1.82) is 0 Å². The van der Waals surface area contributed by atoms with Crippen molar-refractivity contribution in [3.05, 3.63) is 34.0 Å². The highest BCUT2D eigenvalue weighted by Gasteiger charge is 2.28. The molecule has 4 rings (SSSR count). The Balaban J connectivity index is 1.69. The van der Waals surface area contributed by atoms with Crippen molar-refractivity contribution in [1.82, 2.24) is 15.3 Å².